The molecule has 0 amide bonds. The molecule has 0 spiro atoms. The number of hydrogen-bond donors (Lipinski definition) is 1. The lowest BCUT2D eigenvalue weighted by atomic mass is 9.93. The maximum absolute atomic E-state index is 12.6. The van der Waals surface area contributed by atoms with E-state index in [2.05, 4.69) is 0 Å². The third kappa shape index (κ3) is 4.10. The van der Waals surface area contributed by atoms with E-state index in [1.807, 2.05) is 27.7 Å². The van der Waals surface area contributed by atoms with E-state index in [9.17, 15) is 13.2 Å². The summed E-state index contributed by atoms with van der Waals surface area (Å²) in [5.41, 5.74) is 4.43. The second-order valence-corrected chi connectivity index (χ2v) is 6.06. The SMILES string of the molecule is CC1(C)CC(N(CCN)CC(F)(F)F)C(C)(C)O1. The Hall–Kier alpha value is -0.330. The lowest BCUT2D eigenvalue weighted by Crippen LogP contribution is -2.51. The zero-order valence-electron chi connectivity index (χ0n) is 11.5. The first-order valence-electron chi connectivity index (χ1n) is 6.18. The number of alkyl halides is 3. The monoisotopic (exact) mass is 268 g/mol. The van der Waals surface area contributed by atoms with E-state index in [4.69, 9.17) is 10.5 Å². The zero-order chi connectivity index (χ0) is 14.2. The smallest absolute Gasteiger partial charge is 0.368 e. The third-order valence-corrected chi connectivity index (χ3v) is 3.27. The summed E-state index contributed by atoms with van der Waals surface area (Å²) in [7, 11) is 0. The van der Waals surface area contributed by atoms with Gasteiger partial charge in [0, 0.05) is 19.1 Å². The fourth-order valence-corrected chi connectivity index (χ4v) is 2.84. The molecular formula is C12H23F3N2O. The highest BCUT2D eigenvalue weighted by atomic mass is 19.4. The van der Waals surface area contributed by atoms with Gasteiger partial charge in [-0.1, -0.05) is 0 Å². The molecule has 0 aromatic heterocycles. The Morgan fingerprint density at radius 1 is 1.28 bits per heavy atom. The molecule has 0 bridgehead atoms. The minimum Gasteiger partial charge on any atom is -0.368 e. The van der Waals surface area contributed by atoms with Crippen LogP contribution in [-0.2, 0) is 4.74 Å². The van der Waals surface area contributed by atoms with Crippen molar-refractivity contribution < 1.29 is 17.9 Å². The van der Waals surface area contributed by atoms with E-state index in [1.54, 1.807) is 0 Å². The molecule has 1 unspecified atom stereocenters. The van der Waals surface area contributed by atoms with Crippen molar-refractivity contribution in [2.75, 3.05) is 19.6 Å². The molecule has 6 heteroatoms. The standard InChI is InChI=1S/C12H23F3N2O/c1-10(2)7-9(11(3,4)18-10)17(6-5-16)8-12(13,14)15/h9H,5-8,16H2,1-4H3. The molecule has 1 aliphatic heterocycles. The molecule has 2 N–H and O–H groups in total. The molecule has 1 atom stereocenters. The maximum atomic E-state index is 12.6. The predicted molar refractivity (Wildman–Crippen MR) is 64.3 cm³/mol. The van der Waals surface area contributed by atoms with Gasteiger partial charge in [-0.3, -0.25) is 4.90 Å². The van der Waals surface area contributed by atoms with Crippen LogP contribution in [-0.4, -0.2) is 48.0 Å². The first-order chi connectivity index (χ1) is 7.97. The summed E-state index contributed by atoms with van der Waals surface area (Å²) in [6, 6.07) is -0.266. The van der Waals surface area contributed by atoms with Crippen LogP contribution in [0.5, 0.6) is 0 Å². The summed E-state index contributed by atoms with van der Waals surface area (Å²) >= 11 is 0. The Morgan fingerprint density at radius 2 is 1.83 bits per heavy atom. The minimum absolute atomic E-state index is 0.211. The number of nitrogens with two attached hydrogens (primary N) is 1. The van der Waals surface area contributed by atoms with Crippen molar-refractivity contribution >= 4 is 0 Å². The molecule has 0 aliphatic carbocycles. The van der Waals surface area contributed by atoms with Gasteiger partial charge in [-0.2, -0.15) is 13.2 Å². The molecule has 1 heterocycles. The van der Waals surface area contributed by atoms with Gasteiger partial charge in [-0.05, 0) is 34.1 Å². The van der Waals surface area contributed by atoms with Gasteiger partial charge in [0.15, 0.2) is 0 Å². The van der Waals surface area contributed by atoms with Crippen molar-refractivity contribution in [3.8, 4) is 0 Å². The number of nitrogens with zero attached hydrogens (tertiary/aromatic N) is 1. The fourth-order valence-electron chi connectivity index (χ4n) is 2.84. The average Bonchev–Trinajstić information content (AvgIpc) is 2.31. The summed E-state index contributed by atoms with van der Waals surface area (Å²) in [6.07, 6.45) is -3.63. The zero-order valence-corrected chi connectivity index (χ0v) is 11.5. The van der Waals surface area contributed by atoms with Crippen LogP contribution >= 0.6 is 0 Å². The molecule has 108 valence electrons. The van der Waals surface area contributed by atoms with Crippen LogP contribution in [0.15, 0.2) is 0 Å². The predicted octanol–water partition coefficient (Wildman–Crippen LogP) is 2.16. The van der Waals surface area contributed by atoms with E-state index in [0.717, 1.165) is 0 Å². The van der Waals surface area contributed by atoms with Gasteiger partial charge < -0.3 is 10.5 Å². The molecular weight excluding hydrogens is 245 g/mol. The number of hydrogen-bond acceptors (Lipinski definition) is 3. The van der Waals surface area contributed by atoms with Crippen molar-refractivity contribution in [3.05, 3.63) is 0 Å². The molecule has 1 fully saturated rings. The molecule has 1 rings (SSSR count). The molecule has 0 saturated carbocycles. The summed E-state index contributed by atoms with van der Waals surface area (Å²) in [5, 5.41) is 0. The van der Waals surface area contributed by atoms with Crippen molar-refractivity contribution in [2.24, 2.45) is 5.73 Å². The Morgan fingerprint density at radius 3 is 2.17 bits per heavy atom. The Kier molecular flexibility index (Phi) is 4.35. The molecule has 18 heavy (non-hydrogen) atoms. The van der Waals surface area contributed by atoms with Crippen molar-refractivity contribution in [3.63, 3.8) is 0 Å². The Bertz CT molecular complexity index is 290. The summed E-state index contributed by atoms with van der Waals surface area (Å²) in [4.78, 5) is 1.40. The number of halogens is 3. The van der Waals surface area contributed by atoms with Crippen molar-refractivity contribution in [2.45, 2.75) is 57.5 Å². The maximum Gasteiger partial charge on any atom is 0.401 e. The highest BCUT2D eigenvalue weighted by molar-refractivity contribution is 5.00. The lowest BCUT2D eigenvalue weighted by molar-refractivity contribution is -0.157. The van der Waals surface area contributed by atoms with Crippen molar-refractivity contribution in [1.82, 2.24) is 4.90 Å². The molecule has 3 nitrogen and oxygen atoms in total. The van der Waals surface area contributed by atoms with Crippen LogP contribution in [0.4, 0.5) is 13.2 Å². The molecule has 0 aromatic carbocycles. The van der Waals surface area contributed by atoms with Gasteiger partial charge in [-0.25, -0.2) is 0 Å². The summed E-state index contributed by atoms with van der Waals surface area (Å²) < 4.78 is 43.7. The summed E-state index contributed by atoms with van der Waals surface area (Å²) in [6.45, 7) is 7.00. The van der Waals surface area contributed by atoms with Gasteiger partial charge in [0.05, 0.1) is 17.7 Å². The van der Waals surface area contributed by atoms with Crippen molar-refractivity contribution in [1.29, 1.82) is 0 Å². The molecule has 1 saturated heterocycles. The first-order valence-corrected chi connectivity index (χ1v) is 6.18. The van der Waals surface area contributed by atoms with E-state index in [0.29, 0.717) is 6.42 Å². The van der Waals surface area contributed by atoms with Gasteiger partial charge >= 0.3 is 6.18 Å². The Labute approximate surface area is 106 Å². The van der Waals surface area contributed by atoms with Crippen LogP contribution in [0.25, 0.3) is 0 Å². The van der Waals surface area contributed by atoms with Gasteiger partial charge in [0.25, 0.3) is 0 Å². The lowest BCUT2D eigenvalue weighted by Gasteiger charge is -2.36. The quantitative estimate of drug-likeness (QED) is 0.849. The second-order valence-electron chi connectivity index (χ2n) is 6.06. The normalized spacial score (nSPS) is 26.8. The van der Waals surface area contributed by atoms with E-state index in [1.165, 1.54) is 4.90 Å². The second kappa shape index (κ2) is 4.98. The van der Waals surface area contributed by atoms with E-state index >= 15 is 0 Å². The van der Waals surface area contributed by atoms with Crippen LogP contribution in [0.3, 0.4) is 0 Å². The largest absolute Gasteiger partial charge is 0.401 e. The topological polar surface area (TPSA) is 38.5 Å². The van der Waals surface area contributed by atoms with Gasteiger partial charge in [0.1, 0.15) is 0 Å². The molecule has 1 aliphatic rings. The van der Waals surface area contributed by atoms with Crippen LogP contribution in [0, 0.1) is 0 Å². The van der Waals surface area contributed by atoms with E-state index in [-0.39, 0.29) is 19.1 Å². The van der Waals surface area contributed by atoms with Crippen LogP contribution in [0.1, 0.15) is 34.1 Å². The number of rotatable bonds is 4. The summed E-state index contributed by atoms with van der Waals surface area (Å²) in [5.74, 6) is 0. The highest BCUT2D eigenvalue weighted by Gasteiger charge is 2.49. The van der Waals surface area contributed by atoms with Crippen LogP contribution < -0.4 is 5.73 Å². The van der Waals surface area contributed by atoms with Gasteiger partial charge in [-0.15, -0.1) is 0 Å². The molecule has 0 aromatic rings. The third-order valence-electron chi connectivity index (χ3n) is 3.27. The van der Waals surface area contributed by atoms with E-state index < -0.39 is 23.9 Å². The highest BCUT2D eigenvalue weighted by Crippen LogP contribution is 2.40. The Balaban J connectivity index is 2.85. The first kappa shape index (κ1) is 15.7. The van der Waals surface area contributed by atoms with Crippen LogP contribution in [0.2, 0.25) is 0 Å². The molecule has 0 radical (unpaired) electrons. The number of ether oxygens (including phenoxy) is 1. The minimum atomic E-state index is -4.21. The van der Waals surface area contributed by atoms with Gasteiger partial charge in [0.2, 0.25) is 0 Å². The average molecular weight is 268 g/mol. The fraction of sp³-hybridized carbons (Fsp3) is 1.00.